The van der Waals surface area contributed by atoms with E-state index in [0.29, 0.717) is 11.0 Å². The Labute approximate surface area is 76.3 Å². The lowest BCUT2D eigenvalue weighted by Crippen LogP contribution is -1.99. The summed E-state index contributed by atoms with van der Waals surface area (Å²) in [5.74, 6) is 0.489. The van der Waals surface area contributed by atoms with E-state index in [1.807, 2.05) is 0 Å². The highest BCUT2D eigenvalue weighted by molar-refractivity contribution is 7.15. The number of hydrogen-bond acceptors (Lipinski definition) is 4. The molecule has 0 radical (unpaired) electrons. The smallest absolute Gasteiger partial charge is 0.180 e. The zero-order valence-electron chi connectivity index (χ0n) is 7.32. The molecular formula is C8H14N2OS. The number of nitrogens with zero attached hydrogens (tertiary/aromatic N) is 1. The molecule has 4 heteroatoms. The van der Waals surface area contributed by atoms with E-state index in [4.69, 9.17) is 5.73 Å². The van der Waals surface area contributed by atoms with Crippen molar-refractivity contribution < 1.29 is 5.11 Å². The first-order valence-corrected chi connectivity index (χ1v) is 4.80. The highest BCUT2D eigenvalue weighted by atomic mass is 32.1. The largest absolute Gasteiger partial charge is 0.388 e. The first-order chi connectivity index (χ1) is 5.59. The molecule has 1 aromatic rings. The third-order valence-electron chi connectivity index (χ3n) is 1.56. The van der Waals surface area contributed by atoms with Crippen LogP contribution in [0.15, 0.2) is 6.20 Å². The fourth-order valence-electron chi connectivity index (χ4n) is 1.02. The second kappa shape index (κ2) is 3.87. The Kier molecular flexibility index (Phi) is 3.05. The molecule has 0 bridgehead atoms. The van der Waals surface area contributed by atoms with Gasteiger partial charge in [0.25, 0.3) is 0 Å². The van der Waals surface area contributed by atoms with Crippen molar-refractivity contribution in [3.63, 3.8) is 0 Å². The summed E-state index contributed by atoms with van der Waals surface area (Å²) >= 11 is 1.35. The van der Waals surface area contributed by atoms with Crippen molar-refractivity contribution in [2.75, 3.05) is 5.73 Å². The number of aliphatic hydroxyl groups excluding tert-OH is 1. The molecule has 0 spiro atoms. The maximum Gasteiger partial charge on any atom is 0.180 e. The van der Waals surface area contributed by atoms with Crippen LogP contribution in [0, 0.1) is 5.92 Å². The second-order valence-corrected chi connectivity index (χ2v) is 4.34. The minimum Gasteiger partial charge on any atom is -0.388 e. The van der Waals surface area contributed by atoms with Crippen molar-refractivity contribution in [3.8, 4) is 0 Å². The SMILES string of the molecule is CC(C)CC(O)c1cnc(N)s1. The van der Waals surface area contributed by atoms with Crippen LogP contribution in [-0.2, 0) is 0 Å². The molecule has 0 aliphatic rings. The first-order valence-electron chi connectivity index (χ1n) is 3.99. The van der Waals surface area contributed by atoms with E-state index in [2.05, 4.69) is 18.8 Å². The van der Waals surface area contributed by atoms with Gasteiger partial charge in [-0.3, -0.25) is 0 Å². The molecule has 3 N–H and O–H groups in total. The van der Waals surface area contributed by atoms with E-state index >= 15 is 0 Å². The van der Waals surface area contributed by atoms with Gasteiger partial charge in [-0.2, -0.15) is 0 Å². The molecule has 0 aliphatic carbocycles. The summed E-state index contributed by atoms with van der Waals surface area (Å²) in [4.78, 5) is 4.74. The molecular weight excluding hydrogens is 172 g/mol. The quantitative estimate of drug-likeness (QED) is 0.756. The summed E-state index contributed by atoms with van der Waals surface area (Å²) < 4.78 is 0. The van der Waals surface area contributed by atoms with Gasteiger partial charge in [0.2, 0.25) is 0 Å². The lowest BCUT2D eigenvalue weighted by atomic mass is 10.1. The van der Waals surface area contributed by atoms with Gasteiger partial charge in [0, 0.05) is 6.20 Å². The minimum atomic E-state index is -0.403. The molecule has 1 aromatic heterocycles. The van der Waals surface area contributed by atoms with E-state index in [1.165, 1.54) is 11.3 Å². The van der Waals surface area contributed by atoms with Gasteiger partial charge < -0.3 is 10.8 Å². The predicted octanol–water partition coefficient (Wildman–Crippen LogP) is 1.80. The summed E-state index contributed by atoms with van der Waals surface area (Å²) in [5.41, 5.74) is 5.44. The lowest BCUT2D eigenvalue weighted by Gasteiger charge is -2.09. The molecule has 0 aromatic carbocycles. The van der Waals surface area contributed by atoms with Crippen molar-refractivity contribution in [3.05, 3.63) is 11.1 Å². The molecule has 68 valence electrons. The van der Waals surface area contributed by atoms with Crippen LogP contribution < -0.4 is 5.73 Å². The summed E-state index contributed by atoms with van der Waals surface area (Å²) in [6.07, 6.45) is 2.01. The van der Waals surface area contributed by atoms with Crippen LogP contribution in [0.5, 0.6) is 0 Å². The molecule has 3 nitrogen and oxygen atoms in total. The number of thiazole rings is 1. The molecule has 0 saturated carbocycles. The number of aliphatic hydroxyl groups is 1. The third kappa shape index (κ3) is 2.46. The van der Waals surface area contributed by atoms with Crippen molar-refractivity contribution in [2.24, 2.45) is 5.92 Å². The number of anilines is 1. The number of aromatic nitrogens is 1. The molecule has 0 saturated heterocycles. The summed E-state index contributed by atoms with van der Waals surface area (Å²) in [6, 6.07) is 0. The zero-order chi connectivity index (χ0) is 9.14. The molecule has 0 fully saturated rings. The van der Waals surface area contributed by atoms with Crippen LogP contribution in [0.25, 0.3) is 0 Å². The minimum absolute atomic E-state index is 0.403. The number of nitrogen functional groups attached to an aromatic ring is 1. The Morgan fingerprint density at radius 2 is 2.33 bits per heavy atom. The van der Waals surface area contributed by atoms with Crippen molar-refractivity contribution in [1.29, 1.82) is 0 Å². The van der Waals surface area contributed by atoms with E-state index in [9.17, 15) is 5.11 Å². The molecule has 1 rings (SSSR count). The Morgan fingerprint density at radius 3 is 2.75 bits per heavy atom. The van der Waals surface area contributed by atoms with E-state index in [1.54, 1.807) is 6.20 Å². The van der Waals surface area contributed by atoms with Crippen LogP contribution in [0.1, 0.15) is 31.2 Å². The second-order valence-electron chi connectivity index (χ2n) is 3.25. The van der Waals surface area contributed by atoms with Crippen molar-refractivity contribution in [1.82, 2.24) is 4.98 Å². The summed E-state index contributed by atoms with van der Waals surface area (Å²) in [6.45, 7) is 4.15. The Bertz CT molecular complexity index is 247. The Hall–Kier alpha value is -0.610. The van der Waals surface area contributed by atoms with Crippen LogP contribution >= 0.6 is 11.3 Å². The Balaban J connectivity index is 2.58. The molecule has 1 heterocycles. The molecule has 1 unspecified atom stereocenters. The monoisotopic (exact) mass is 186 g/mol. The molecule has 0 amide bonds. The average molecular weight is 186 g/mol. The van der Waals surface area contributed by atoms with Gasteiger partial charge in [-0.15, -0.1) is 0 Å². The molecule has 1 atom stereocenters. The van der Waals surface area contributed by atoms with Gasteiger partial charge in [0.05, 0.1) is 11.0 Å². The fourth-order valence-corrected chi connectivity index (χ4v) is 1.70. The van der Waals surface area contributed by atoms with Crippen LogP contribution in [0.2, 0.25) is 0 Å². The van der Waals surface area contributed by atoms with E-state index in [-0.39, 0.29) is 0 Å². The summed E-state index contributed by atoms with van der Waals surface area (Å²) in [5, 5.41) is 10.1. The van der Waals surface area contributed by atoms with Crippen LogP contribution in [-0.4, -0.2) is 10.1 Å². The third-order valence-corrected chi connectivity index (χ3v) is 2.49. The maximum absolute atomic E-state index is 9.62. The lowest BCUT2D eigenvalue weighted by molar-refractivity contribution is 0.154. The normalized spacial score (nSPS) is 13.7. The van der Waals surface area contributed by atoms with Gasteiger partial charge >= 0.3 is 0 Å². The van der Waals surface area contributed by atoms with E-state index < -0.39 is 6.10 Å². The Morgan fingerprint density at radius 1 is 1.67 bits per heavy atom. The number of hydrogen-bond donors (Lipinski definition) is 2. The standard InChI is InChI=1S/C8H14N2OS/c1-5(2)3-6(11)7-4-10-8(9)12-7/h4-6,11H,3H2,1-2H3,(H2,9,10). The van der Waals surface area contributed by atoms with E-state index in [0.717, 1.165) is 11.3 Å². The summed E-state index contributed by atoms with van der Waals surface area (Å²) in [7, 11) is 0. The zero-order valence-corrected chi connectivity index (χ0v) is 8.14. The number of rotatable bonds is 3. The van der Waals surface area contributed by atoms with Crippen molar-refractivity contribution >= 4 is 16.5 Å². The first kappa shape index (κ1) is 9.48. The van der Waals surface area contributed by atoms with Crippen molar-refractivity contribution in [2.45, 2.75) is 26.4 Å². The highest BCUT2D eigenvalue weighted by Gasteiger charge is 2.11. The van der Waals surface area contributed by atoms with Crippen LogP contribution in [0.3, 0.4) is 0 Å². The molecule has 0 aliphatic heterocycles. The van der Waals surface area contributed by atoms with Crippen LogP contribution in [0.4, 0.5) is 5.13 Å². The average Bonchev–Trinajstić information content (AvgIpc) is 2.34. The van der Waals surface area contributed by atoms with Gasteiger partial charge in [0.1, 0.15) is 0 Å². The highest BCUT2D eigenvalue weighted by Crippen LogP contribution is 2.26. The predicted molar refractivity (Wildman–Crippen MR) is 50.9 cm³/mol. The van der Waals surface area contributed by atoms with Gasteiger partial charge in [-0.25, -0.2) is 4.98 Å². The maximum atomic E-state index is 9.62. The van der Waals surface area contributed by atoms with Gasteiger partial charge in [0.15, 0.2) is 5.13 Å². The number of nitrogens with two attached hydrogens (primary N) is 1. The topological polar surface area (TPSA) is 59.1 Å². The van der Waals surface area contributed by atoms with Gasteiger partial charge in [-0.05, 0) is 12.3 Å². The fraction of sp³-hybridized carbons (Fsp3) is 0.625. The van der Waals surface area contributed by atoms with Gasteiger partial charge in [-0.1, -0.05) is 25.2 Å². The molecule has 12 heavy (non-hydrogen) atoms.